The monoisotopic (exact) mass is 343 g/mol. The second kappa shape index (κ2) is 6.37. The van der Waals surface area contributed by atoms with E-state index < -0.39 is 0 Å². The Hall–Kier alpha value is -1.10. The first-order valence-electron chi connectivity index (χ1n) is 5.66. The Morgan fingerprint density at radius 2 is 2.11 bits per heavy atom. The van der Waals surface area contributed by atoms with E-state index >= 15 is 0 Å². The first kappa shape index (κ1) is 14.3. The third-order valence-corrected chi connectivity index (χ3v) is 3.47. The zero-order valence-corrected chi connectivity index (χ0v) is 12.6. The van der Waals surface area contributed by atoms with Gasteiger partial charge in [-0.3, -0.25) is 0 Å². The van der Waals surface area contributed by atoms with Gasteiger partial charge in [0.25, 0.3) is 0 Å². The van der Waals surface area contributed by atoms with Gasteiger partial charge in [0.1, 0.15) is 17.3 Å². The van der Waals surface area contributed by atoms with Gasteiger partial charge < -0.3 is 10.1 Å². The highest BCUT2D eigenvalue weighted by atomic mass is 79.9. The molecule has 0 fully saturated rings. The normalized spacial score (nSPS) is 10.5. The molecule has 0 spiro atoms. The molecule has 0 aromatic heterocycles. The molecule has 0 radical (unpaired) electrons. The minimum absolute atomic E-state index is 0.375. The third-order valence-electron chi connectivity index (χ3n) is 2.53. The van der Waals surface area contributed by atoms with E-state index in [1.807, 2.05) is 19.2 Å². The van der Waals surface area contributed by atoms with Gasteiger partial charge in [-0.15, -0.1) is 0 Å². The molecule has 1 N–H and O–H groups in total. The van der Waals surface area contributed by atoms with E-state index in [-0.39, 0.29) is 5.82 Å². The van der Waals surface area contributed by atoms with Gasteiger partial charge in [0.15, 0.2) is 0 Å². The van der Waals surface area contributed by atoms with Gasteiger partial charge in [0, 0.05) is 18.2 Å². The van der Waals surface area contributed by atoms with Crippen LogP contribution in [0.25, 0.3) is 0 Å². The molecule has 2 aromatic carbocycles. The molecule has 19 heavy (non-hydrogen) atoms. The molecule has 0 aliphatic carbocycles. The maximum Gasteiger partial charge on any atom is 0.150 e. The topological polar surface area (TPSA) is 21.3 Å². The highest BCUT2D eigenvalue weighted by molar-refractivity contribution is 9.10. The van der Waals surface area contributed by atoms with Crippen molar-refractivity contribution in [1.29, 1.82) is 0 Å². The highest BCUT2D eigenvalue weighted by Crippen LogP contribution is 2.34. The Balaban J connectivity index is 2.34. The van der Waals surface area contributed by atoms with Crippen molar-refractivity contribution in [3.05, 3.63) is 57.3 Å². The van der Waals surface area contributed by atoms with Gasteiger partial charge in [0.2, 0.25) is 0 Å². The summed E-state index contributed by atoms with van der Waals surface area (Å²) < 4.78 is 19.6. The van der Waals surface area contributed by atoms with Gasteiger partial charge in [-0.05, 0) is 41.2 Å². The molecule has 100 valence electrons. The number of hydrogen-bond donors (Lipinski definition) is 1. The second-order valence-electron chi connectivity index (χ2n) is 3.94. The van der Waals surface area contributed by atoms with E-state index in [0.717, 1.165) is 5.56 Å². The fraction of sp³-hybridized carbons (Fsp3) is 0.143. The standard InChI is InChI=1S/C14H12BrClFNO/c1-18-8-9-3-2-4-12(16)14(9)19-10-5-6-11(15)13(17)7-10/h2-7,18H,8H2,1H3. The number of para-hydroxylation sites is 1. The second-order valence-corrected chi connectivity index (χ2v) is 5.20. The average Bonchev–Trinajstić information content (AvgIpc) is 2.38. The minimum Gasteiger partial charge on any atom is -0.455 e. The number of hydrogen-bond acceptors (Lipinski definition) is 2. The van der Waals surface area contributed by atoms with Crippen LogP contribution in [0.15, 0.2) is 40.9 Å². The molecule has 0 atom stereocenters. The first-order valence-corrected chi connectivity index (χ1v) is 6.84. The molecule has 0 unspecified atom stereocenters. The SMILES string of the molecule is CNCc1cccc(Cl)c1Oc1ccc(Br)c(F)c1. The van der Waals surface area contributed by atoms with E-state index in [1.54, 1.807) is 18.2 Å². The van der Waals surface area contributed by atoms with Crippen molar-refractivity contribution in [3.8, 4) is 11.5 Å². The lowest BCUT2D eigenvalue weighted by molar-refractivity contribution is 0.468. The molecule has 0 saturated carbocycles. The number of halogens is 3. The summed E-state index contributed by atoms with van der Waals surface area (Å²) in [5.41, 5.74) is 0.915. The molecule has 0 amide bonds. The maximum atomic E-state index is 13.5. The van der Waals surface area contributed by atoms with Crippen molar-refractivity contribution in [2.75, 3.05) is 7.05 Å². The Labute approximate surface area is 124 Å². The van der Waals surface area contributed by atoms with Crippen molar-refractivity contribution in [2.24, 2.45) is 0 Å². The van der Waals surface area contributed by atoms with Crippen LogP contribution in [0.5, 0.6) is 11.5 Å². The van der Waals surface area contributed by atoms with Crippen molar-refractivity contribution in [3.63, 3.8) is 0 Å². The molecular weight excluding hydrogens is 333 g/mol. The predicted octanol–water partition coefficient (Wildman–Crippen LogP) is 4.75. The quantitative estimate of drug-likeness (QED) is 0.864. The third kappa shape index (κ3) is 3.47. The molecule has 2 nitrogen and oxygen atoms in total. The molecule has 0 aliphatic heterocycles. The molecule has 2 aromatic rings. The minimum atomic E-state index is -0.375. The van der Waals surface area contributed by atoms with Crippen LogP contribution in [0.4, 0.5) is 4.39 Å². The van der Waals surface area contributed by atoms with Crippen LogP contribution in [0.3, 0.4) is 0 Å². The first-order chi connectivity index (χ1) is 9.11. The summed E-state index contributed by atoms with van der Waals surface area (Å²) in [7, 11) is 1.84. The van der Waals surface area contributed by atoms with Crippen LogP contribution in [0, 0.1) is 5.82 Å². The van der Waals surface area contributed by atoms with E-state index in [4.69, 9.17) is 16.3 Å². The summed E-state index contributed by atoms with van der Waals surface area (Å²) in [5, 5.41) is 3.53. The van der Waals surface area contributed by atoms with Crippen LogP contribution in [-0.2, 0) is 6.54 Å². The summed E-state index contributed by atoms with van der Waals surface area (Å²) >= 11 is 9.23. The highest BCUT2D eigenvalue weighted by Gasteiger charge is 2.10. The molecular formula is C14H12BrClFNO. The molecule has 0 saturated heterocycles. The molecule has 0 aliphatic rings. The molecule has 5 heteroatoms. The Morgan fingerprint density at radius 1 is 1.32 bits per heavy atom. The van der Waals surface area contributed by atoms with Gasteiger partial charge in [-0.1, -0.05) is 23.7 Å². The van der Waals surface area contributed by atoms with E-state index in [2.05, 4.69) is 21.2 Å². The zero-order valence-electron chi connectivity index (χ0n) is 10.2. The van der Waals surface area contributed by atoms with Crippen molar-refractivity contribution >= 4 is 27.5 Å². The number of benzene rings is 2. The lowest BCUT2D eigenvalue weighted by atomic mass is 10.2. The lowest BCUT2D eigenvalue weighted by Crippen LogP contribution is -2.06. The molecule has 2 rings (SSSR count). The van der Waals surface area contributed by atoms with Crippen molar-refractivity contribution < 1.29 is 9.13 Å². The van der Waals surface area contributed by atoms with Crippen LogP contribution in [-0.4, -0.2) is 7.05 Å². The predicted molar refractivity (Wildman–Crippen MR) is 78.4 cm³/mol. The number of nitrogens with one attached hydrogen (secondary N) is 1. The average molecular weight is 345 g/mol. The summed E-state index contributed by atoms with van der Waals surface area (Å²) in [6, 6.07) is 10.1. The van der Waals surface area contributed by atoms with Crippen molar-refractivity contribution in [2.45, 2.75) is 6.54 Å². The summed E-state index contributed by atoms with van der Waals surface area (Å²) in [4.78, 5) is 0. The molecule has 0 bridgehead atoms. The summed E-state index contributed by atoms with van der Waals surface area (Å²) in [5.74, 6) is 0.575. The van der Waals surface area contributed by atoms with Crippen LogP contribution < -0.4 is 10.1 Å². The zero-order chi connectivity index (χ0) is 13.8. The van der Waals surface area contributed by atoms with Gasteiger partial charge in [0.05, 0.1) is 9.50 Å². The van der Waals surface area contributed by atoms with E-state index in [1.165, 1.54) is 6.07 Å². The Morgan fingerprint density at radius 3 is 2.79 bits per heavy atom. The van der Waals surface area contributed by atoms with Gasteiger partial charge >= 0.3 is 0 Å². The Bertz CT molecular complexity index is 592. The van der Waals surface area contributed by atoms with E-state index in [0.29, 0.717) is 27.5 Å². The lowest BCUT2D eigenvalue weighted by Gasteiger charge is -2.13. The largest absolute Gasteiger partial charge is 0.455 e. The maximum absolute atomic E-state index is 13.5. The Kier molecular flexibility index (Phi) is 4.80. The fourth-order valence-corrected chi connectivity index (χ4v) is 2.13. The summed E-state index contributed by atoms with van der Waals surface area (Å²) in [6.07, 6.45) is 0. The number of rotatable bonds is 4. The van der Waals surface area contributed by atoms with Crippen LogP contribution >= 0.6 is 27.5 Å². The smallest absolute Gasteiger partial charge is 0.150 e. The van der Waals surface area contributed by atoms with Crippen molar-refractivity contribution in [1.82, 2.24) is 5.32 Å². The number of ether oxygens (including phenoxy) is 1. The van der Waals surface area contributed by atoms with Crippen LogP contribution in [0.2, 0.25) is 5.02 Å². The van der Waals surface area contributed by atoms with Gasteiger partial charge in [-0.25, -0.2) is 4.39 Å². The van der Waals surface area contributed by atoms with E-state index in [9.17, 15) is 4.39 Å². The van der Waals surface area contributed by atoms with Gasteiger partial charge in [-0.2, -0.15) is 0 Å². The summed E-state index contributed by atoms with van der Waals surface area (Å²) in [6.45, 7) is 0.620. The molecule has 0 heterocycles. The van der Waals surface area contributed by atoms with Crippen LogP contribution in [0.1, 0.15) is 5.56 Å². The fourth-order valence-electron chi connectivity index (χ4n) is 1.66.